The molecule has 0 bridgehead atoms. The number of unbranched alkanes of at least 4 members (excludes halogenated alkanes) is 2. The first-order chi connectivity index (χ1) is 6.57. The molecule has 0 aliphatic carbocycles. The second-order valence-corrected chi connectivity index (χ2v) is 2.99. The third-order valence-electron chi connectivity index (χ3n) is 1.66. The molecule has 82 valence electrons. The molecule has 0 saturated heterocycles. The van der Waals surface area contributed by atoms with E-state index in [2.05, 4.69) is 0 Å². The molecule has 14 heavy (non-hydrogen) atoms. The summed E-state index contributed by atoms with van der Waals surface area (Å²) in [6.07, 6.45) is 0.616. The van der Waals surface area contributed by atoms with Gasteiger partial charge in [-0.15, -0.1) is 0 Å². The highest BCUT2D eigenvalue weighted by atomic mass is 16.5. The molecule has 5 heteroatoms. The van der Waals surface area contributed by atoms with Crippen LogP contribution in [0.25, 0.3) is 0 Å². The number of carboxylic acids is 1. The van der Waals surface area contributed by atoms with Crippen molar-refractivity contribution >= 4 is 11.9 Å². The van der Waals surface area contributed by atoms with Gasteiger partial charge < -0.3 is 14.9 Å². The summed E-state index contributed by atoms with van der Waals surface area (Å²) in [6.45, 7) is 2.31. The normalized spacial score (nSPS) is 12.1. The zero-order valence-electron chi connectivity index (χ0n) is 8.23. The van der Waals surface area contributed by atoms with Gasteiger partial charge >= 0.3 is 11.9 Å². The monoisotopic (exact) mass is 204 g/mol. The number of carbonyl (C=O) groups excluding carboxylic acids is 1. The van der Waals surface area contributed by atoms with Crippen molar-refractivity contribution in [2.45, 2.75) is 38.7 Å². The van der Waals surface area contributed by atoms with E-state index in [9.17, 15) is 9.59 Å². The Morgan fingerprint density at radius 2 is 2.00 bits per heavy atom. The smallest absolute Gasteiger partial charge is 0.333 e. The van der Waals surface area contributed by atoms with E-state index >= 15 is 0 Å². The van der Waals surface area contributed by atoms with E-state index in [1.54, 1.807) is 0 Å². The lowest BCUT2D eigenvalue weighted by atomic mass is 10.2. The predicted molar refractivity (Wildman–Crippen MR) is 48.7 cm³/mol. The fraction of sp³-hybridized carbons (Fsp3) is 0.778. The number of aliphatic hydroxyl groups is 1. The average molecular weight is 204 g/mol. The van der Waals surface area contributed by atoms with Crippen LogP contribution in [0.2, 0.25) is 0 Å². The molecule has 0 rings (SSSR count). The molecule has 0 aromatic rings. The fourth-order valence-electron chi connectivity index (χ4n) is 0.842. The highest BCUT2D eigenvalue weighted by Gasteiger charge is 2.18. The number of aliphatic hydroxyl groups excluding tert-OH is 1. The number of aliphatic carboxylic acids is 1. The first-order valence-corrected chi connectivity index (χ1v) is 4.64. The number of carboxylic acid groups (broad SMARTS) is 1. The molecule has 5 nitrogen and oxygen atoms in total. The van der Waals surface area contributed by atoms with Gasteiger partial charge in [0.1, 0.15) is 0 Å². The molecule has 0 spiro atoms. The Hall–Kier alpha value is -1.10. The molecule has 0 aromatic carbocycles. The Morgan fingerprint density at radius 3 is 2.50 bits per heavy atom. The second kappa shape index (κ2) is 7.32. The Balaban J connectivity index is 3.50. The Morgan fingerprint density at radius 1 is 1.36 bits per heavy atom. The van der Waals surface area contributed by atoms with Crippen LogP contribution >= 0.6 is 0 Å². The first-order valence-electron chi connectivity index (χ1n) is 4.64. The van der Waals surface area contributed by atoms with E-state index in [1.165, 1.54) is 0 Å². The molecular formula is C9H16O5. The highest BCUT2D eigenvalue weighted by Crippen LogP contribution is 1.98. The Labute approximate surface area is 82.7 Å². The maximum absolute atomic E-state index is 10.9. The molecule has 1 atom stereocenters. The molecule has 0 amide bonds. The SMILES string of the molecule is CCCCCOC(=O)CC(O)C(=O)O. The van der Waals surface area contributed by atoms with Gasteiger partial charge in [0, 0.05) is 0 Å². The molecule has 0 radical (unpaired) electrons. The van der Waals surface area contributed by atoms with Gasteiger partial charge in [0.2, 0.25) is 0 Å². The standard InChI is InChI=1S/C9H16O5/c1-2-3-4-5-14-8(11)6-7(10)9(12)13/h7,10H,2-6H2,1H3,(H,12,13). The topological polar surface area (TPSA) is 83.8 Å². The second-order valence-electron chi connectivity index (χ2n) is 2.99. The Kier molecular flexibility index (Phi) is 6.74. The van der Waals surface area contributed by atoms with Crippen LogP contribution in [-0.2, 0) is 14.3 Å². The molecule has 1 unspecified atom stereocenters. The van der Waals surface area contributed by atoms with Crippen molar-refractivity contribution in [1.82, 2.24) is 0 Å². The fourth-order valence-corrected chi connectivity index (χ4v) is 0.842. The first kappa shape index (κ1) is 12.9. The van der Waals surface area contributed by atoms with E-state index in [1.807, 2.05) is 6.92 Å². The van der Waals surface area contributed by atoms with E-state index < -0.39 is 24.5 Å². The summed E-state index contributed by atoms with van der Waals surface area (Å²) in [4.78, 5) is 21.0. The summed E-state index contributed by atoms with van der Waals surface area (Å²) in [6, 6.07) is 0. The summed E-state index contributed by atoms with van der Waals surface area (Å²) < 4.78 is 4.70. The predicted octanol–water partition coefficient (Wildman–Crippen LogP) is 0.555. The largest absolute Gasteiger partial charge is 0.479 e. The van der Waals surface area contributed by atoms with Crippen molar-refractivity contribution in [1.29, 1.82) is 0 Å². The van der Waals surface area contributed by atoms with Gasteiger partial charge in [0.15, 0.2) is 6.10 Å². The summed E-state index contributed by atoms with van der Waals surface area (Å²) in [5, 5.41) is 17.1. The molecule has 0 aliphatic heterocycles. The average Bonchev–Trinajstić information content (AvgIpc) is 2.12. The summed E-state index contributed by atoms with van der Waals surface area (Å²) >= 11 is 0. The van der Waals surface area contributed by atoms with Gasteiger partial charge in [-0.25, -0.2) is 4.79 Å². The molecule has 0 fully saturated rings. The maximum atomic E-state index is 10.9. The molecular weight excluding hydrogens is 188 g/mol. The lowest BCUT2D eigenvalue weighted by molar-refractivity contribution is -0.155. The van der Waals surface area contributed by atoms with Crippen molar-refractivity contribution < 1.29 is 24.5 Å². The number of carbonyl (C=O) groups is 2. The quantitative estimate of drug-likeness (QED) is 0.467. The van der Waals surface area contributed by atoms with E-state index in [0.717, 1.165) is 19.3 Å². The number of hydrogen-bond acceptors (Lipinski definition) is 4. The number of rotatable bonds is 7. The molecule has 0 aliphatic rings. The van der Waals surface area contributed by atoms with Crippen LogP contribution in [0.5, 0.6) is 0 Å². The van der Waals surface area contributed by atoms with Crippen molar-refractivity contribution in [2.75, 3.05) is 6.61 Å². The van der Waals surface area contributed by atoms with Gasteiger partial charge in [-0.3, -0.25) is 4.79 Å². The highest BCUT2D eigenvalue weighted by molar-refractivity contribution is 5.80. The number of hydrogen-bond donors (Lipinski definition) is 2. The third kappa shape index (κ3) is 6.42. The molecule has 2 N–H and O–H groups in total. The number of esters is 1. The van der Waals surface area contributed by atoms with E-state index in [0.29, 0.717) is 6.61 Å². The minimum atomic E-state index is -1.66. The van der Waals surface area contributed by atoms with Gasteiger partial charge in [0.25, 0.3) is 0 Å². The minimum Gasteiger partial charge on any atom is -0.479 e. The zero-order chi connectivity index (χ0) is 11.0. The summed E-state index contributed by atoms with van der Waals surface area (Å²) in [7, 11) is 0. The lowest BCUT2D eigenvalue weighted by Gasteiger charge is -2.05. The summed E-state index contributed by atoms with van der Waals surface area (Å²) in [5.74, 6) is -2.08. The zero-order valence-corrected chi connectivity index (χ0v) is 8.23. The molecule has 0 saturated carbocycles. The Bertz CT molecular complexity index is 190. The van der Waals surface area contributed by atoms with Crippen molar-refractivity contribution in [3.8, 4) is 0 Å². The van der Waals surface area contributed by atoms with E-state index in [-0.39, 0.29) is 0 Å². The van der Waals surface area contributed by atoms with Crippen LogP contribution < -0.4 is 0 Å². The van der Waals surface area contributed by atoms with Gasteiger partial charge in [-0.2, -0.15) is 0 Å². The van der Waals surface area contributed by atoms with Crippen molar-refractivity contribution in [2.24, 2.45) is 0 Å². The van der Waals surface area contributed by atoms with Gasteiger partial charge in [0.05, 0.1) is 13.0 Å². The van der Waals surface area contributed by atoms with Crippen LogP contribution in [-0.4, -0.2) is 34.9 Å². The van der Waals surface area contributed by atoms with Crippen LogP contribution in [0.3, 0.4) is 0 Å². The number of ether oxygens (including phenoxy) is 1. The van der Waals surface area contributed by atoms with Crippen LogP contribution in [0, 0.1) is 0 Å². The summed E-state index contributed by atoms with van der Waals surface area (Å²) in [5.41, 5.74) is 0. The lowest BCUT2D eigenvalue weighted by Crippen LogP contribution is -2.24. The minimum absolute atomic E-state index is 0.291. The van der Waals surface area contributed by atoms with Gasteiger partial charge in [-0.05, 0) is 6.42 Å². The van der Waals surface area contributed by atoms with Crippen molar-refractivity contribution in [3.63, 3.8) is 0 Å². The van der Waals surface area contributed by atoms with Crippen LogP contribution in [0.4, 0.5) is 0 Å². The van der Waals surface area contributed by atoms with Crippen LogP contribution in [0.1, 0.15) is 32.6 Å². The molecule has 0 aromatic heterocycles. The van der Waals surface area contributed by atoms with E-state index in [4.69, 9.17) is 14.9 Å². The maximum Gasteiger partial charge on any atom is 0.333 e. The van der Waals surface area contributed by atoms with Crippen molar-refractivity contribution in [3.05, 3.63) is 0 Å². The third-order valence-corrected chi connectivity index (χ3v) is 1.66. The van der Waals surface area contributed by atoms with Crippen LogP contribution in [0.15, 0.2) is 0 Å². The molecule has 0 heterocycles. The van der Waals surface area contributed by atoms with Gasteiger partial charge in [-0.1, -0.05) is 19.8 Å².